The van der Waals surface area contributed by atoms with Gasteiger partial charge in [-0.2, -0.15) is 0 Å². The van der Waals surface area contributed by atoms with E-state index in [0.29, 0.717) is 5.69 Å². The minimum absolute atomic E-state index is 0.0626. The molecule has 0 heterocycles. The zero-order chi connectivity index (χ0) is 18.6. The largest absolute Gasteiger partial charge is 0.465 e. The molecule has 25 heavy (non-hydrogen) atoms. The maximum atomic E-state index is 11.9. The summed E-state index contributed by atoms with van der Waals surface area (Å²) in [6, 6.07) is 10.6. The average Bonchev–Trinajstić information content (AvgIpc) is 2.65. The Kier molecular flexibility index (Phi) is 5.33. The third-order valence-corrected chi connectivity index (χ3v) is 3.63. The van der Waals surface area contributed by atoms with Crippen LogP contribution in [0.15, 0.2) is 42.5 Å². The number of anilines is 2. The SMILES string of the molecule is COC(=O)c1ccc(N(C)c2ccccc2C(=O)OC)c([N+](=O)[O-])c1. The molecule has 2 aromatic carbocycles. The van der Waals surface area contributed by atoms with Gasteiger partial charge in [-0.15, -0.1) is 0 Å². The first-order valence-corrected chi connectivity index (χ1v) is 7.18. The number of methoxy groups -OCH3 is 2. The molecule has 8 heteroatoms. The highest BCUT2D eigenvalue weighted by molar-refractivity contribution is 5.97. The Morgan fingerprint density at radius 2 is 1.64 bits per heavy atom. The molecule has 0 amide bonds. The zero-order valence-electron chi connectivity index (χ0n) is 13.9. The number of benzene rings is 2. The molecule has 130 valence electrons. The third-order valence-electron chi connectivity index (χ3n) is 3.63. The second-order valence-corrected chi connectivity index (χ2v) is 5.02. The van der Waals surface area contributed by atoms with Gasteiger partial charge in [-0.25, -0.2) is 9.59 Å². The number of carbonyl (C=O) groups is 2. The average molecular weight is 344 g/mol. The lowest BCUT2D eigenvalue weighted by Gasteiger charge is -2.21. The van der Waals surface area contributed by atoms with Gasteiger partial charge in [-0.3, -0.25) is 10.1 Å². The minimum Gasteiger partial charge on any atom is -0.465 e. The van der Waals surface area contributed by atoms with Crippen molar-refractivity contribution in [3.63, 3.8) is 0 Å². The zero-order valence-corrected chi connectivity index (χ0v) is 13.9. The van der Waals surface area contributed by atoms with E-state index in [-0.39, 0.29) is 22.5 Å². The molecule has 0 fully saturated rings. The van der Waals surface area contributed by atoms with Gasteiger partial charge in [0.2, 0.25) is 0 Å². The van der Waals surface area contributed by atoms with E-state index in [9.17, 15) is 19.7 Å². The molecular weight excluding hydrogens is 328 g/mol. The minimum atomic E-state index is -0.674. The van der Waals surface area contributed by atoms with Crippen molar-refractivity contribution in [3.05, 3.63) is 63.7 Å². The van der Waals surface area contributed by atoms with E-state index in [1.54, 1.807) is 31.3 Å². The van der Waals surface area contributed by atoms with Gasteiger partial charge in [-0.1, -0.05) is 12.1 Å². The maximum absolute atomic E-state index is 11.9. The normalized spacial score (nSPS) is 10.0. The molecule has 0 aliphatic rings. The summed E-state index contributed by atoms with van der Waals surface area (Å²) >= 11 is 0. The van der Waals surface area contributed by atoms with Crippen LogP contribution in [-0.2, 0) is 9.47 Å². The van der Waals surface area contributed by atoms with Crippen LogP contribution in [0.4, 0.5) is 17.1 Å². The van der Waals surface area contributed by atoms with E-state index in [4.69, 9.17) is 4.74 Å². The van der Waals surface area contributed by atoms with E-state index in [2.05, 4.69) is 4.74 Å². The number of nitro benzene ring substituents is 1. The van der Waals surface area contributed by atoms with Crippen molar-refractivity contribution < 1.29 is 24.0 Å². The molecule has 0 radical (unpaired) electrons. The predicted molar refractivity (Wildman–Crippen MR) is 90.3 cm³/mol. The number of rotatable bonds is 5. The van der Waals surface area contributed by atoms with Crippen molar-refractivity contribution in [1.29, 1.82) is 0 Å². The standard InChI is InChI=1S/C17H16N2O6/c1-18(13-7-5-4-6-12(13)17(21)25-3)14-9-8-11(16(20)24-2)10-15(14)19(22)23/h4-10H,1-3H3. The fourth-order valence-corrected chi connectivity index (χ4v) is 2.38. The van der Waals surface area contributed by atoms with Gasteiger partial charge in [-0.05, 0) is 24.3 Å². The van der Waals surface area contributed by atoms with Crippen molar-refractivity contribution in [1.82, 2.24) is 0 Å². The van der Waals surface area contributed by atoms with Gasteiger partial charge in [0.25, 0.3) is 5.69 Å². The smallest absolute Gasteiger partial charge is 0.339 e. The van der Waals surface area contributed by atoms with Crippen LogP contribution in [0.3, 0.4) is 0 Å². The van der Waals surface area contributed by atoms with Gasteiger partial charge in [0, 0.05) is 13.1 Å². The molecular formula is C17H16N2O6. The molecule has 2 aromatic rings. The maximum Gasteiger partial charge on any atom is 0.339 e. The number of carbonyl (C=O) groups excluding carboxylic acids is 2. The Bertz CT molecular complexity index is 834. The highest BCUT2D eigenvalue weighted by Gasteiger charge is 2.23. The Morgan fingerprint density at radius 1 is 1.00 bits per heavy atom. The quantitative estimate of drug-likeness (QED) is 0.467. The lowest BCUT2D eigenvalue weighted by molar-refractivity contribution is -0.384. The van der Waals surface area contributed by atoms with Crippen LogP contribution in [0.25, 0.3) is 0 Å². The van der Waals surface area contributed by atoms with Gasteiger partial charge < -0.3 is 14.4 Å². The number of para-hydroxylation sites is 1. The summed E-state index contributed by atoms with van der Waals surface area (Å²) in [6.45, 7) is 0. The molecule has 0 aliphatic heterocycles. The second kappa shape index (κ2) is 7.43. The molecule has 0 atom stereocenters. The van der Waals surface area contributed by atoms with E-state index >= 15 is 0 Å². The van der Waals surface area contributed by atoms with E-state index in [1.807, 2.05) is 0 Å². The molecule has 2 rings (SSSR count). The van der Waals surface area contributed by atoms with Gasteiger partial charge in [0.15, 0.2) is 0 Å². The first kappa shape index (κ1) is 17.9. The van der Waals surface area contributed by atoms with Crippen molar-refractivity contribution in [2.45, 2.75) is 0 Å². The van der Waals surface area contributed by atoms with Crippen LogP contribution in [-0.4, -0.2) is 38.1 Å². The van der Waals surface area contributed by atoms with Crippen molar-refractivity contribution in [3.8, 4) is 0 Å². The second-order valence-electron chi connectivity index (χ2n) is 5.02. The Labute approximate surface area is 143 Å². The number of esters is 2. The molecule has 0 N–H and O–H groups in total. The molecule has 0 saturated heterocycles. The first-order chi connectivity index (χ1) is 11.9. The van der Waals surface area contributed by atoms with Gasteiger partial charge >= 0.3 is 11.9 Å². The fraction of sp³-hybridized carbons (Fsp3) is 0.176. The summed E-state index contributed by atoms with van der Waals surface area (Å²) < 4.78 is 9.33. The van der Waals surface area contributed by atoms with E-state index in [1.165, 1.54) is 31.3 Å². The third kappa shape index (κ3) is 3.57. The first-order valence-electron chi connectivity index (χ1n) is 7.18. The monoisotopic (exact) mass is 344 g/mol. The fourth-order valence-electron chi connectivity index (χ4n) is 2.38. The van der Waals surface area contributed by atoms with E-state index < -0.39 is 16.9 Å². The van der Waals surface area contributed by atoms with E-state index in [0.717, 1.165) is 6.07 Å². The van der Waals surface area contributed by atoms with Crippen LogP contribution in [0, 0.1) is 10.1 Å². The van der Waals surface area contributed by atoms with Crippen LogP contribution in [0.2, 0.25) is 0 Å². The van der Waals surface area contributed by atoms with Crippen molar-refractivity contribution in [2.75, 3.05) is 26.2 Å². The van der Waals surface area contributed by atoms with Crippen molar-refractivity contribution in [2.24, 2.45) is 0 Å². The molecule has 0 aromatic heterocycles. The van der Waals surface area contributed by atoms with Crippen molar-refractivity contribution >= 4 is 29.0 Å². The summed E-state index contributed by atoms with van der Waals surface area (Å²) in [7, 11) is 4.04. The van der Waals surface area contributed by atoms with Gasteiger partial charge in [0.1, 0.15) is 5.69 Å². The van der Waals surface area contributed by atoms with Crippen LogP contribution in [0.1, 0.15) is 20.7 Å². The number of nitrogens with zero attached hydrogens (tertiary/aromatic N) is 2. The molecule has 0 saturated carbocycles. The molecule has 0 bridgehead atoms. The molecule has 0 unspecified atom stereocenters. The number of hydrogen-bond donors (Lipinski definition) is 0. The Hall–Kier alpha value is -3.42. The van der Waals surface area contributed by atoms with Gasteiger partial charge in [0.05, 0.1) is 36.0 Å². The number of ether oxygens (including phenoxy) is 2. The summed E-state index contributed by atoms with van der Waals surface area (Å²) in [5.74, 6) is -1.23. The Balaban J connectivity index is 2.57. The molecule has 0 aliphatic carbocycles. The summed E-state index contributed by atoms with van der Waals surface area (Å²) in [5.41, 5.74) is 0.689. The Morgan fingerprint density at radius 3 is 2.24 bits per heavy atom. The topological polar surface area (TPSA) is 99.0 Å². The highest BCUT2D eigenvalue weighted by atomic mass is 16.6. The lowest BCUT2D eigenvalue weighted by atomic mass is 10.1. The summed E-state index contributed by atoms with van der Waals surface area (Å²) in [5, 5.41) is 11.4. The van der Waals surface area contributed by atoms with Crippen LogP contribution >= 0.6 is 0 Å². The lowest BCUT2D eigenvalue weighted by Crippen LogP contribution is -2.16. The molecule has 8 nitrogen and oxygen atoms in total. The predicted octanol–water partition coefficient (Wildman–Crippen LogP) is 2.94. The van der Waals surface area contributed by atoms with Crippen LogP contribution < -0.4 is 4.90 Å². The highest BCUT2D eigenvalue weighted by Crippen LogP contribution is 2.35. The van der Waals surface area contributed by atoms with Crippen LogP contribution in [0.5, 0.6) is 0 Å². The summed E-state index contributed by atoms with van der Waals surface area (Å²) in [4.78, 5) is 35.9. The molecule has 0 spiro atoms. The summed E-state index contributed by atoms with van der Waals surface area (Å²) in [6.07, 6.45) is 0. The number of nitro groups is 1. The number of hydrogen-bond acceptors (Lipinski definition) is 7.